The molecule has 1 heterocycles. The molecule has 0 bridgehead atoms. The number of pyridine rings is 1. The van der Waals surface area contributed by atoms with Crippen LogP contribution in [-0.4, -0.2) is 40.5 Å². The van der Waals surface area contributed by atoms with Crippen LogP contribution in [0.15, 0.2) is 36.5 Å². The summed E-state index contributed by atoms with van der Waals surface area (Å²) >= 11 is 0. The van der Waals surface area contributed by atoms with Gasteiger partial charge in [0, 0.05) is 30.7 Å². The van der Waals surface area contributed by atoms with Crippen LogP contribution in [0.5, 0.6) is 0 Å². The topological polar surface area (TPSA) is 70.5 Å². The smallest absolute Gasteiger partial charge is 0.305 e. The molecule has 0 aliphatic heterocycles. The molecule has 5 nitrogen and oxygen atoms in total. The first kappa shape index (κ1) is 13.0. The molecule has 0 atom stereocenters. The van der Waals surface area contributed by atoms with E-state index >= 15 is 0 Å². The summed E-state index contributed by atoms with van der Waals surface area (Å²) in [7, 11) is 1.60. The second kappa shape index (κ2) is 5.48. The minimum atomic E-state index is -0.914. The number of carbonyl (C=O) groups excluding carboxylic acids is 1. The monoisotopic (exact) mass is 258 g/mol. The lowest BCUT2D eigenvalue weighted by Gasteiger charge is -2.16. The van der Waals surface area contributed by atoms with Crippen molar-refractivity contribution in [3.63, 3.8) is 0 Å². The minimum absolute atomic E-state index is 0.0582. The van der Waals surface area contributed by atoms with Crippen molar-refractivity contribution in [2.75, 3.05) is 13.6 Å². The van der Waals surface area contributed by atoms with Gasteiger partial charge in [0.15, 0.2) is 0 Å². The van der Waals surface area contributed by atoms with Crippen molar-refractivity contribution >= 4 is 22.8 Å². The summed E-state index contributed by atoms with van der Waals surface area (Å²) in [5, 5.41) is 9.50. The third-order valence-corrected chi connectivity index (χ3v) is 2.86. The molecule has 0 saturated heterocycles. The summed E-state index contributed by atoms with van der Waals surface area (Å²) in [6.07, 6.45) is 1.64. The molecule has 0 spiro atoms. The third-order valence-electron chi connectivity index (χ3n) is 2.86. The first-order valence-electron chi connectivity index (χ1n) is 5.90. The van der Waals surface area contributed by atoms with Gasteiger partial charge in [0.2, 0.25) is 0 Å². The average molecular weight is 258 g/mol. The maximum atomic E-state index is 12.1. The second-order valence-electron chi connectivity index (χ2n) is 4.28. The first-order valence-corrected chi connectivity index (χ1v) is 5.90. The Morgan fingerprint density at radius 1 is 1.32 bits per heavy atom. The standard InChI is InChI=1S/C14H14N2O3/c1-16(8-6-13(17)18)14(19)11-4-5-12-10(9-11)3-2-7-15-12/h2-5,7,9H,6,8H2,1H3,(H,17,18). The van der Waals surface area contributed by atoms with Crippen LogP contribution in [0.4, 0.5) is 0 Å². The van der Waals surface area contributed by atoms with E-state index in [1.54, 1.807) is 31.4 Å². The molecule has 0 saturated carbocycles. The van der Waals surface area contributed by atoms with Crippen molar-refractivity contribution in [3.05, 3.63) is 42.1 Å². The molecule has 0 radical (unpaired) electrons. The van der Waals surface area contributed by atoms with E-state index in [1.807, 2.05) is 12.1 Å². The normalized spacial score (nSPS) is 10.4. The molecule has 1 aromatic heterocycles. The van der Waals surface area contributed by atoms with Crippen molar-refractivity contribution < 1.29 is 14.7 Å². The SMILES string of the molecule is CN(CCC(=O)O)C(=O)c1ccc2ncccc2c1. The highest BCUT2D eigenvalue weighted by Crippen LogP contribution is 2.14. The summed E-state index contributed by atoms with van der Waals surface area (Å²) in [6, 6.07) is 8.95. The number of rotatable bonds is 4. The van der Waals surface area contributed by atoms with Crippen LogP contribution >= 0.6 is 0 Å². The highest BCUT2D eigenvalue weighted by molar-refractivity contribution is 5.97. The van der Waals surface area contributed by atoms with E-state index in [1.165, 1.54) is 4.90 Å². The molecule has 1 amide bonds. The van der Waals surface area contributed by atoms with E-state index < -0.39 is 5.97 Å². The number of hydrogen-bond acceptors (Lipinski definition) is 3. The number of hydrogen-bond donors (Lipinski definition) is 1. The van der Waals surface area contributed by atoms with Gasteiger partial charge in [-0.25, -0.2) is 0 Å². The van der Waals surface area contributed by atoms with Crippen molar-refractivity contribution in [2.45, 2.75) is 6.42 Å². The lowest BCUT2D eigenvalue weighted by atomic mass is 10.1. The van der Waals surface area contributed by atoms with Gasteiger partial charge >= 0.3 is 5.97 Å². The molecule has 0 aliphatic rings. The van der Waals surface area contributed by atoms with Crippen molar-refractivity contribution in [1.82, 2.24) is 9.88 Å². The lowest BCUT2D eigenvalue weighted by Crippen LogP contribution is -2.29. The molecule has 1 N–H and O–H groups in total. The fraction of sp³-hybridized carbons (Fsp3) is 0.214. The van der Waals surface area contributed by atoms with Crippen LogP contribution in [-0.2, 0) is 4.79 Å². The Bertz CT molecular complexity index is 625. The average Bonchev–Trinajstić information content (AvgIpc) is 2.43. The van der Waals surface area contributed by atoms with Gasteiger partial charge in [-0.3, -0.25) is 14.6 Å². The Hall–Kier alpha value is -2.43. The molecule has 19 heavy (non-hydrogen) atoms. The summed E-state index contributed by atoms with van der Waals surface area (Å²) in [4.78, 5) is 28.2. The first-order chi connectivity index (χ1) is 9.08. The molecule has 98 valence electrons. The van der Waals surface area contributed by atoms with E-state index in [2.05, 4.69) is 4.98 Å². The second-order valence-corrected chi connectivity index (χ2v) is 4.28. The Morgan fingerprint density at radius 2 is 2.11 bits per heavy atom. The van der Waals surface area contributed by atoms with Gasteiger partial charge < -0.3 is 10.0 Å². The van der Waals surface area contributed by atoms with Gasteiger partial charge in [-0.1, -0.05) is 6.07 Å². The quantitative estimate of drug-likeness (QED) is 0.907. The minimum Gasteiger partial charge on any atom is -0.481 e. The molecule has 0 fully saturated rings. The number of carboxylic acids is 1. The van der Waals surface area contributed by atoms with Gasteiger partial charge in [-0.05, 0) is 24.3 Å². The van der Waals surface area contributed by atoms with Gasteiger partial charge in [0.05, 0.1) is 11.9 Å². The number of amides is 1. The van der Waals surface area contributed by atoms with E-state index in [0.717, 1.165) is 10.9 Å². The van der Waals surface area contributed by atoms with Crippen LogP contribution in [0.1, 0.15) is 16.8 Å². The van der Waals surface area contributed by atoms with Crippen molar-refractivity contribution in [2.24, 2.45) is 0 Å². The lowest BCUT2D eigenvalue weighted by molar-refractivity contribution is -0.137. The number of nitrogens with zero attached hydrogens (tertiary/aromatic N) is 2. The van der Waals surface area contributed by atoms with Crippen molar-refractivity contribution in [1.29, 1.82) is 0 Å². The van der Waals surface area contributed by atoms with Gasteiger partial charge in [-0.15, -0.1) is 0 Å². The maximum absolute atomic E-state index is 12.1. The number of carbonyl (C=O) groups is 2. The van der Waals surface area contributed by atoms with Gasteiger partial charge in [0.1, 0.15) is 0 Å². The van der Waals surface area contributed by atoms with Crippen LogP contribution in [0.25, 0.3) is 10.9 Å². The fourth-order valence-corrected chi connectivity index (χ4v) is 1.79. The summed E-state index contributed by atoms with van der Waals surface area (Å²) in [5.74, 6) is -1.10. The Balaban J connectivity index is 2.19. The van der Waals surface area contributed by atoms with Crippen molar-refractivity contribution in [3.8, 4) is 0 Å². The molecular weight excluding hydrogens is 244 g/mol. The van der Waals surface area contributed by atoms with Crippen LogP contribution in [0, 0.1) is 0 Å². The van der Waals surface area contributed by atoms with Crippen LogP contribution in [0.2, 0.25) is 0 Å². The predicted octanol–water partition coefficient (Wildman–Crippen LogP) is 1.78. The molecule has 1 aromatic carbocycles. The number of fused-ring (bicyclic) bond motifs is 1. The Kier molecular flexibility index (Phi) is 3.75. The summed E-state index contributed by atoms with van der Waals surface area (Å²) in [5.41, 5.74) is 1.36. The summed E-state index contributed by atoms with van der Waals surface area (Å²) < 4.78 is 0. The highest BCUT2D eigenvalue weighted by atomic mass is 16.4. The van der Waals surface area contributed by atoms with E-state index in [4.69, 9.17) is 5.11 Å². The molecule has 2 aromatic rings. The van der Waals surface area contributed by atoms with E-state index in [0.29, 0.717) is 5.56 Å². The zero-order valence-corrected chi connectivity index (χ0v) is 10.5. The van der Waals surface area contributed by atoms with E-state index in [-0.39, 0.29) is 18.9 Å². The zero-order chi connectivity index (χ0) is 13.8. The molecule has 2 rings (SSSR count). The zero-order valence-electron chi connectivity index (χ0n) is 10.5. The molecule has 5 heteroatoms. The molecule has 0 unspecified atom stereocenters. The number of carboxylic acid groups (broad SMARTS) is 1. The largest absolute Gasteiger partial charge is 0.481 e. The number of benzene rings is 1. The predicted molar refractivity (Wildman–Crippen MR) is 71.0 cm³/mol. The Morgan fingerprint density at radius 3 is 2.84 bits per heavy atom. The maximum Gasteiger partial charge on any atom is 0.305 e. The fourth-order valence-electron chi connectivity index (χ4n) is 1.79. The van der Waals surface area contributed by atoms with Gasteiger partial charge in [0.25, 0.3) is 5.91 Å². The van der Waals surface area contributed by atoms with Crippen LogP contribution < -0.4 is 0 Å². The van der Waals surface area contributed by atoms with Crippen LogP contribution in [0.3, 0.4) is 0 Å². The molecule has 0 aliphatic carbocycles. The Labute approximate surface area is 110 Å². The third kappa shape index (κ3) is 3.07. The number of aromatic nitrogens is 1. The summed E-state index contributed by atoms with van der Waals surface area (Å²) in [6.45, 7) is 0.194. The van der Waals surface area contributed by atoms with Gasteiger partial charge in [-0.2, -0.15) is 0 Å². The van der Waals surface area contributed by atoms with E-state index in [9.17, 15) is 9.59 Å². The highest BCUT2D eigenvalue weighted by Gasteiger charge is 2.13. The number of aliphatic carboxylic acids is 1. The molecular formula is C14H14N2O3.